The van der Waals surface area contributed by atoms with Crippen LogP contribution in [0.15, 0.2) is 12.1 Å². The minimum absolute atomic E-state index is 1.42. The first-order chi connectivity index (χ1) is 7.79. The Morgan fingerprint density at radius 1 is 0.824 bits per heavy atom. The Morgan fingerprint density at radius 3 is 1.76 bits per heavy atom. The van der Waals surface area contributed by atoms with Gasteiger partial charge in [-0.05, 0) is 0 Å². The Morgan fingerprint density at radius 2 is 1.35 bits per heavy atom. The third kappa shape index (κ3) is 2.79. The van der Waals surface area contributed by atoms with E-state index < -0.39 is 18.4 Å². The molecule has 92 valence electrons. The summed E-state index contributed by atoms with van der Waals surface area (Å²) in [5.41, 5.74) is 2.91. The molecule has 0 atom stereocenters. The summed E-state index contributed by atoms with van der Waals surface area (Å²) in [5.74, 6) is 0. The van der Waals surface area contributed by atoms with Crippen LogP contribution in [0.1, 0.15) is 16.0 Å². The predicted molar refractivity (Wildman–Crippen MR) is 84.8 cm³/mol. The van der Waals surface area contributed by atoms with Gasteiger partial charge in [-0.25, -0.2) is 0 Å². The van der Waals surface area contributed by atoms with E-state index >= 15 is 0 Å². The van der Waals surface area contributed by atoms with E-state index in [0.29, 0.717) is 0 Å². The summed E-state index contributed by atoms with van der Waals surface area (Å²) >= 11 is 2.10. The van der Waals surface area contributed by atoms with Gasteiger partial charge >= 0.3 is 117 Å². The third-order valence-electron chi connectivity index (χ3n) is 2.90. The number of aryl methyl sites for hydroxylation is 3. The van der Waals surface area contributed by atoms with Crippen LogP contribution >= 0.6 is 22.7 Å². The minimum atomic E-state index is -1.89. The van der Waals surface area contributed by atoms with Crippen LogP contribution in [0.25, 0.3) is 9.75 Å². The molecule has 0 aromatic carbocycles. The van der Waals surface area contributed by atoms with E-state index in [9.17, 15) is 0 Å². The van der Waals surface area contributed by atoms with Gasteiger partial charge in [0.25, 0.3) is 0 Å². The molecule has 0 unspecified atom stereocenters. The monoisotopic (exact) mass is 372 g/mol. The van der Waals surface area contributed by atoms with Crippen LogP contribution in [0.5, 0.6) is 0 Å². The van der Waals surface area contributed by atoms with Crippen LogP contribution in [-0.4, -0.2) is 18.4 Å². The second-order valence-electron chi connectivity index (χ2n) is 5.74. The molecule has 17 heavy (non-hydrogen) atoms. The van der Waals surface area contributed by atoms with Crippen LogP contribution in [0.4, 0.5) is 0 Å². The molecule has 2 heterocycles. The Balaban J connectivity index is 2.54. The Labute approximate surface area is 117 Å². The molecule has 2 rings (SSSR count). The first-order valence-electron chi connectivity index (χ1n) is 5.97. The molecule has 0 aliphatic rings. The topological polar surface area (TPSA) is 0 Å². The molecule has 0 radical (unpaired) electrons. The van der Waals surface area contributed by atoms with Gasteiger partial charge in [0.2, 0.25) is 0 Å². The Bertz CT molecular complexity index is 541. The van der Waals surface area contributed by atoms with Gasteiger partial charge in [0.05, 0.1) is 0 Å². The van der Waals surface area contributed by atoms with Gasteiger partial charge in [-0.2, -0.15) is 0 Å². The van der Waals surface area contributed by atoms with Crippen molar-refractivity contribution in [3.63, 3.8) is 0 Å². The van der Waals surface area contributed by atoms with Crippen molar-refractivity contribution in [1.82, 2.24) is 0 Å². The fourth-order valence-electron chi connectivity index (χ4n) is 1.94. The van der Waals surface area contributed by atoms with Crippen molar-refractivity contribution in [2.24, 2.45) is 0 Å². The van der Waals surface area contributed by atoms with Crippen molar-refractivity contribution >= 4 is 43.9 Å². The second-order valence-corrected chi connectivity index (χ2v) is 23.5. The number of thiophene rings is 2. The molecular formula is C14H20S2Sn. The van der Waals surface area contributed by atoms with Gasteiger partial charge in [-0.3, -0.25) is 0 Å². The number of hydrogen-bond donors (Lipinski definition) is 0. The maximum absolute atomic E-state index is 2.50. The molecule has 0 spiro atoms. The van der Waals surface area contributed by atoms with Gasteiger partial charge in [0.15, 0.2) is 0 Å². The molecule has 0 bridgehead atoms. The zero-order valence-corrected chi connectivity index (χ0v) is 16.0. The summed E-state index contributed by atoms with van der Waals surface area (Å²) in [5, 5.41) is 0. The molecule has 0 saturated heterocycles. The Kier molecular flexibility index (Phi) is 3.77. The van der Waals surface area contributed by atoms with E-state index in [0.717, 1.165) is 0 Å². The van der Waals surface area contributed by atoms with E-state index in [4.69, 9.17) is 0 Å². The van der Waals surface area contributed by atoms with Gasteiger partial charge < -0.3 is 0 Å². The normalized spacial score (nSPS) is 12.1. The summed E-state index contributed by atoms with van der Waals surface area (Å²) in [7, 11) is 0. The maximum atomic E-state index is 2.50. The van der Waals surface area contributed by atoms with E-state index in [-0.39, 0.29) is 0 Å². The average molecular weight is 371 g/mol. The third-order valence-corrected chi connectivity index (χ3v) is 14.9. The molecule has 2 aromatic heterocycles. The molecule has 2 aromatic rings. The quantitative estimate of drug-likeness (QED) is 0.656. The first kappa shape index (κ1) is 13.6. The van der Waals surface area contributed by atoms with Crippen LogP contribution in [0.3, 0.4) is 0 Å². The van der Waals surface area contributed by atoms with E-state index in [1.807, 2.05) is 11.3 Å². The van der Waals surface area contributed by atoms with Crippen molar-refractivity contribution in [1.29, 1.82) is 0 Å². The van der Waals surface area contributed by atoms with Gasteiger partial charge in [-0.15, -0.1) is 0 Å². The van der Waals surface area contributed by atoms with Crippen LogP contribution in [-0.2, 0) is 0 Å². The van der Waals surface area contributed by atoms with E-state index in [2.05, 4.69) is 59.1 Å². The zero-order chi connectivity index (χ0) is 12.8. The molecule has 0 aliphatic heterocycles. The number of rotatable bonds is 2. The fraction of sp³-hybridized carbons (Fsp3) is 0.429. The molecule has 0 amide bonds. The van der Waals surface area contributed by atoms with Crippen molar-refractivity contribution in [3.8, 4) is 9.75 Å². The summed E-state index contributed by atoms with van der Waals surface area (Å²) in [4.78, 5) is 11.9. The average Bonchev–Trinajstić information content (AvgIpc) is 2.68. The molecule has 3 heteroatoms. The van der Waals surface area contributed by atoms with Gasteiger partial charge in [0.1, 0.15) is 0 Å². The van der Waals surface area contributed by atoms with Gasteiger partial charge in [-0.1, -0.05) is 0 Å². The predicted octanol–water partition coefficient (Wildman–Crippen LogP) is 4.95. The standard InChI is InChI=1S/C11H11S2.3CH3.Sn/c1-7-4-5-12-10(7)11-8(2)6-9(3)13-11;;;;/h4,6H,1-3H3;3*1H3;. The summed E-state index contributed by atoms with van der Waals surface area (Å²) in [6.07, 6.45) is 0. The Hall–Kier alpha value is 0.199. The van der Waals surface area contributed by atoms with Crippen molar-refractivity contribution in [3.05, 3.63) is 28.1 Å². The summed E-state index contributed by atoms with van der Waals surface area (Å²) < 4.78 is 1.69. The molecule has 0 aliphatic carbocycles. The molecule has 0 nitrogen and oxygen atoms in total. The zero-order valence-electron chi connectivity index (χ0n) is 11.5. The molecule has 0 fully saturated rings. The fourth-order valence-corrected chi connectivity index (χ4v) is 9.81. The number of hydrogen-bond acceptors (Lipinski definition) is 2. The van der Waals surface area contributed by atoms with Gasteiger partial charge in [0, 0.05) is 0 Å². The van der Waals surface area contributed by atoms with Crippen molar-refractivity contribution in [2.45, 2.75) is 35.6 Å². The van der Waals surface area contributed by atoms with E-state index in [1.165, 1.54) is 25.8 Å². The van der Waals surface area contributed by atoms with Crippen LogP contribution in [0, 0.1) is 20.8 Å². The second kappa shape index (κ2) is 4.71. The van der Waals surface area contributed by atoms with Crippen molar-refractivity contribution in [2.75, 3.05) is 0 Å². The molecule has 0 N–H and O–H groups in total. The van der Waals surface area contributed by atoms with E-state index in [1.54, 1.807) is 2.89 Å². The van der Waals surface area contributed by atoms with Crippen molar-refractivity contribution < 1.29 is 0 Å². The van der Waals surface area contributed by atoms with Crippen LogP contribution in [0.2, 0.25) is 14.8 Å². The SMILES string of the molecule is Cc1cc(C)c(-c2s[c]([Sn]([CH3])([CH3])[CH3])cc2C)s1. The molecule has 0 saturated carbocycles. The summed E-state index contributed by atoms with van der Waals surface area (Å²) in [6.45, 7) is 6.70. The molecular weight excluding hydrogens is 351 g/mol. The van der Waals surface area contributed by atoms with Crippen LogP contribution < -0.4 is 2.89 Å². The first-order valence-corrected chi connectivity index (χ1v) is 17.6. The summed E-state index contributed by atoms with van der Waals surface area (Å²) in [6, 6.07) is 4.75.